The van der Waals surface area contributed by atoms with Crippen molar-refractivity contribution in [3.8, 4) is 0 Å². The molecule has 0 aromatic heterocycles. The zero-order chi connectivity index (χ0) is 17.4. The van der Waals surface area contributed by atoms with Gasteiger partial charge in [0.05, 0.1) is 12.7 Å². The van der Waals surface area contributed by atoms with E-state index in [4.69, 9.17) is 9.47 Å². The van der Waals surface area contributed by atoms with Gasteiger partial charge in [0.15, 0.2) is 0 Å². The molecule has 2 unspecified atom stereocenters. The molecule has 0 saturated carbocycles. The minimum absolute atomic E-state index is 0.145. The Hall–Kier alpha value is -1.92. The standard InChI is InChI=1S/C18H25NO5/c1-23-15-12-16(18(21)22)19(13-15)17(20)8-5-10-24-11-9-14-6-3-2-4-7-14/h2-4,6-7,15-16H,5,8-13H2,1H3,(H,21,22). The van der Waals surface area contributed by atoms with E-state index in [0.717, 1.165) is 6.42 Å². The lowest BCUT2D eigenvalue weighted by Gasteiger charge is -2.21. The number of benzene rings is 1. The summed E-state index contributed by atoms with van der Waals surface area (Å²) in [5, 5.41) is 9.22. The molecule has 1 aliphatic rings. The number of carbonyl (C=O) groups is 2. The zero-order valence-corrected chi connectivity index (χ0v) is 14.0. The van der Waals surface area contributed by atoms with Crippen molar-refractivity contribution in [3.63, 3.8) is 0 Å². The number of likely N-dealkylation sites (tertiary alicyclic amines) is 1. The second kappa shape index (κ2) is 9.39. The lowest BCUT2D eigenvalue weighted by Crippen LogP contribution is -2.40. The molecule has 2 atom stereocenters. The first-order valence-electron chi connectivity index (χ1n) is 8.28. The smallest absolute Gasteiger partial charge is 0.326 e. The maximum atomic E-state index is 12.2. The van der Waals surface area contributed by atoms with Gasteiger partial charge < -0.3 is 19.5 Å². The van der Waals surface area contributed by atoms with Gasteiger partial charge in [-0.2, -0.15) is 0 Å². The number of methoxy groups -OCH3 is 1. The fourth-order valence-corrected chi connectivity index (χ4v) is 2.88. The molecule has 1 saturated heterocycles. The first kappa shape index (κ1) is 18.4. The maximum absolute atomic E-state index is 12.2. The van der Waals surface area contributed by atoms with Crippen molar-refractivity contribution in [1.82, 2.24) is 4.90 Å². The molecule has 1 amide bonds. The van der Waals surface area contributed by atoms with Crippen molar-refractivity contribution in [2.75, 3.05) is 26.9 Å². The van der Waals surface area contributed by atoms with Crippen LogP contribution >= 0.6 is 0 Å². The van der Waals surface area contributed by atoms with Crippen LogP contribution in [0.1, 0.15) is 24.8 Å². The summed E-state index contributed by atoms with van der Waals surface area (Å²) < 4.78 is 10.7. The monoisotopic (exact) mass is 335 g/mol. The van der Waals surface area contributed by atoms with Gasteiger partial charge in [-0.1, -0.05) is 30.3 Å². The molecule has 0 bridgehead atoms. The van der Waals surface area contributed by atoms with E-state index in [2.05, 4.69) is 12.1 Å². The van der Waals surface area contributed by atoms with Crippen LogP contribution < -0.4 is 0 Å². The molecule has 1 fully saturated rings. The van der Waals surface area contributed by atoms with Crippen LogP contribution in [-0.4, -0.2) is 60.9 Å². The lowest BCUT2D eigenvalue weighted by atomic mass is 10.2. The van der Waals surface area contributed by atoms with Gasteiger partial charge in [-0.15, -0.1) is 0 Å². The van der Waals surface area contributed by atoms with Gasteiger partial charge in [0, 0.05) is 33.1 Å². The molecule has 6 heteroatoms. The first-order chi connectivity index (χ1) is 11.6. The van der Waals surface area contributed by atoms with E-state index in [1.165, 1.54) is 17.6 Å². The predicted molar refractivity (Wildman–Crippen MR) is 88.7 cm³/mol. The first-order valence-corrected chi connectivity index (χ1v) is 8.28. The van der Waals surface area contributed by atoms with Crippen molar-refractivity contribution in [1.29, 1.82) is 0 Å². The summed E-state index contributed by atoms with van der Waals surface area (Å²) in [5.74, 6) is -1.12. The second-order valence-corrected chi connectivity index (χ2v) is 5.95. The summed E-state index contributed by atoms with van der Waals surface area (Å²) in [7, 11) is 1.54. The molecule has 1 aromatic rings. The van der Waals surface area contributed by atoms with E-state index in [-0.39, 0.29) is 12.0 Å². The van der Waals surface area contributed by atoms with Crippen LogP contribution in [0.5, 0.6) is 0 Å². The van der Waals surface area contributed by atoms with Crippen molar-refractivity contribution < 1.29 is 24.2 Å². The summed E-state index contributed by atoms with van der Waals surface area (Å²) in [4.78, 5) is 24.9. The van der Waals surface area contributed by atoms with Crippen LogP contribution in [0.2, 0.25) is 0 Å². The van der Waals surface area contributed by atoms with Crippen molar-refractivity contribution in [2.24, 2.45) is 0 Å². The number of aliphatic carboxylic acids is 1. The molecule has 132 valence electrons. The molecule has 2 rings (SSSR count). The van der Waals surface area contributed by atoms with Gasteiger partial charge in [0.2, 0.25) is 5.91 Å². The van der Waals surface area contributed by atoms with E-state index in [9.17, 15) is 14.7 Å². The Morgan fingerprint density at radius 2 is 2.00 bits per heavy atom. The van der Waals surface area contributed by atoms with Gasteiger partial charge in [-0.05, 0) is 18.4 Å². The molecule has 1 N–H and O–H groups in total. The van der Waals surface area contributed by atoms with E-state index in [1.807, 2.05) is 18.2 Å². The average molecular weight is 335 g/mol. The van der Waals surface area contributed by atoms with Gasteiger partial charge in [-0.25, -0.2) is 4.79 Å². The Balaban J connectivity index is 1.64. The topological polar surface area (TPSA) is 76.1 Å². The van der Waals surface area contributed by atoms with Crippen LogP contribution in [0.4, 0.5) is 0 Å². The van der Waals surface area contributed by atoms with Crippen LogP contribution in [0.3, 0.4) is 0 Å². The van der Waals surface area contributed by atoms with Crippen molar-refractivity contribution >= 4 is 11.9 Å². The van der Waals surface area contributed by atoms with E-state index < -0.39 is 12.0 Å². The zero-order valence-electron chi connectivity index (χ0n) is 14.0. The normalized spacial score (nSPS) is 20.3. The predicted octanol–water partition coefficient (Wildman–Crippen LogP) is 1.73. The molecule has 1 heterocycles. The highest BCUT2D eigenvalue weighted by molar-refractivity contribution is 5.84. The molecular formula is C18H25NO5. The summed E-state index contributed by atoms with van der Waals surface area (Å²) in [6.45, 7) is 1.46. The highest BCUT2D eigenvalue weighted by Gasteiger charge is 2.39. The van der Waals surface area contributed by atoms with Gasteiger partial charge >= 0.3 is 5.97 Å². The fourth-order valence-electron chi connectivity index (χ4n) is 2.88. The minimum atomic E-state index is -0.970. The third-order valence-electron chi connectivity index (χ3n) is 4.26. The Morgan fingerprint density at radius 3 is 2.67 bits per heavy atom. The maximum Gasteiger partial charge on any atom is 0.326 e. The van der Waals surface area contributed by atoms with Gasteiger partial charge in [0.25, 0.3) is 0 Å². The third-order valence-corrected chi connectivity index (χ3v) is 4.26. The molecule has 1 aliphatic heterocycles. The van der Waals surface area contributed by atoms with Crippen LogP contribution in [0, 0.1) is 0 Å². The van der Waals surface area contributed by atoms with Crippen LogP contribution in [-0.2, 0) is 25.5 Å². The van der Waals surface area contributed by atoms with Gasteiger partial charge in [0.1, 0.15) is 6.04 Å². The second-order valence-electron chi connectivity index (χ2n) is 5.95. The molecule has 24 heavy (non-hydrogen) atoms. The number of hydrogen-bond donors (Lipinski definition) is 1. The van der Waals surface area contributed by atoms with E-state index in [0.29, 0.717) is 39.0 Å². The molecule has 0 aliphatic carbocycles. The quantitative estimate of drug-likeness (QED) is 0.696. The Kier molecular flexibility index (Phi) is 7.21. The van der Waals surface area contributed by atoms with Crippen LogP contribution in [0.15, 0.2) is 30.3 Å². The Morgan fingerprint density at radius 1 is 1.25 bits per heavy atom. The summed E-state index contributed by atoms with van der Waals surface area (Å²) >= 11 is 0. The largest absolute Gasteiger partial charge is 0.480 e. The average Bonchev–Trinajstić information content (AvgIpc) is 3.03. The number of carboxylic acid groups (broad SMARTS) is 1. The fraction of sp³-hybridized carbons (Fsp3) is 0.556. The molecule has 0 spiro atoms. The lowest BCUT2D eigenvalue weighted by molar-refractivity contribution is -0.148. The van der Waals surface area contributed by atoms with E-state index in [1.54, 1.807) is 0 Å². The number of ether oxygens (including phenoxy) is 2. The molecule has 6 nitrogen and oxygen atoms in total. The third kappa shape index (κ3) is 5.32. The van der Waals surface area contributed by atoms with Gasteiger partial charge in [-0.3, -0.25) is 4.79 Å². The van der Waals surface area contributed by atoms with E-state index >= 15 is 0 Å². The Bertz CT molecular complexity index is 533. The molecule has 1 aromatic carbocycles. The van der Waals surface area contributed by atoms with Crippen molar-refractivity contribution in [2.45, 2.75) is 37.8 Å². The highest BCUT2D eigenvalue weighted by atomic mass is 16.5. The highest BCUT2D eigenvalue weighted by Crippen LogP contribution is 2.21. The number of nitrogens with zero attached hydrogens (tertiary/aromatic N) is 1. The molecule has 0 radical (unpaired) electrons. The summed E-state index contributed by atoms with van der Waals surface area (Å²) in [6, 6.07) is 9.30. The number of amides is 1. The SMILES string of the molecule is COC1CC(C(=O)O)N(C(=O)CCCOCCc2ccccc2)C1. The number of rotatable bonds is 9. The van der Waals surface area contributed by atoms with Crippen LogP contribution in [0.25, 0.3) is 0 Å². The summed E-state index contributed by atoms with van der Waals surface area (Å²) in [5.41, 5.74) is 1.22. The Labute approximate surface area is 142 Å². The van der Waals surface area contributed by atoms with Crippen molar-refractivity contribution in [3.05, 3.63) is 35.9 Å². The summed E-state index contributed by atoms with van der Waals surface area (Å²) in [6.07, 6.45) is 1.89. The minimum Gasteiger partial charge on any atom is -0.480 e. The molecular weight excluding hydrogens is 310 g/mol. The number of carbonyl (C=O) groups excluding carboxylic acids is 1. The number of hydrogen-bond acceptors (Lipinski definition) is 4. The number of carboxylic acids is 1.